The zero-order chi connectivity index (χ0) is 26.9. The van der Waals surface area contributed by atoms with E-state index in [4.69, 9.17) is 0 Å². The number of hydrogen-bond acceptors (Lipinski definition) is 6. The van der Waals surface area contributed by atoms with Gasteiger partial charge in [0, 0.05) is 36.5 Å². The minimum absolute atomic E-state index is 0.0338. The molecule has 37 heavy (non-hydrogen) atoms. The molecule has 2 heterocycles. The van der Waals surface area contributed by atoms with Gasteiger partial charge in [0.15, 0.2) is 0 Å². The second kappa shape index (κ2) is 10.3. The third kappa shape index (κ3) is 5.19. The SMILES string of the molecule is Cc1ncc(-c2cc(CNC(=O)[C@@H]3C[C@@H](F)[C@H](C)N3S(=O)(=O)c3ccc(F)cc3)c(C#N)cc2F)cn1. The van der Waals surface area contributed by atoms with Crippen LogP contribution < -0.4 is 5.32 Å². The Morgan fingerprint density at radius 2 is 1.84 bits per heavy atom. The molecule has 4 rings (SSSR count). The van der Waals surface area contributed by atoms with E-state index >= 15 is 0 Å². The molecule has 8 nitrogen and oxygen atoms in total. The maximum Gasteiger partial charge on any atom is 0.244 e. The fourth-order valence-corrected chi connectivity index (χ4v) is 6.03. The smallest absolute Gasteiger partial charge is 0.244 e. The standard InChI is InChI=1S/C25H22F3N5O3S/c1-14-22(27)9-24(33(14)37(35,36)20-5-3-19(26)4-6-20)25(34)32-11-17-7-21(23(28)8-16(17)10-29)18-12-30-15(2)31-13-18/h3-8,12-14,22,24H,9,11H2,1-2H3,(H,32,34)/t14-,22+,24-/m0/s1. The predicted molar refractivity (Wildman–Crippen MR) is 127 cm³/mol. The molecule has 0 bridgehead atoms. The molecule has 192 valence electrons. The van der Waals surface area contributed by atoms with Crippen LogP contribution in [-0.2, 0) is 21.4 Å². The topological polar surface area (TPSA) is 116 Å². The number of rotatable bonds is 6. The van der Waals surface area contributed by atoms with Gasteiger partial charge in [0.05, 0.1) is 22.6 Å². The number of nitrogens with zero attached hydrogens (tertiary/aromatic N) is 4. The van der Waals surface area contributed by atoms with E-state index in [9.17, 15) is 31.6 Å². The first-order valence-corrected chi connectivity index (χ1v) is 12.7. The minimum Gasteiger partial charge on any atom is -0.351 e. The number of sulfonamides is 1. The number of aryl methyl sites for hydroxylation is 1. The third-order valence-corrected chi connectivity index (χ3v) is 8.24. The fraction of sp³-hybridized carbons (Fsp3) is 0.280. The van der Waals surface area contributed by atoms with Crippen molar-refractivity contribution >= 4 is 15.9 Å². The van der Waals surface area contributed by atoms with Crippen molar-refractivity contribution in [2.75, 3.05) is 0 Å². The Morgan fingerprint density at radius 1 is 1.19 bits per heavy atom. The van der Waals surface area contributed by atoms with E-state index in [0.29, 0.717) is 11.4 Å². The van der Waals surface area contributed by atoms with Gasteiger partial charge in [-0.05, 0) is 55.8 Å². The fourth-order valence-electron chi connectivity index (χ4n) is 4.22. The molecule has 1 aliphatic heterocycles. The predicted octanol–water partition coefficient (Wildman–Crippen LogP) is 3.41. The molecule has 0 unspecified atom stereocenters. The van der Waals surface area contributed by atoms with E-state index in [1.807, 2.05) is 6.07 Å². The number of halogens is 3. The lowest BCUT2D eigenvalue weighted by atomic mass is 10.00. The minimum atomic E-state index is -4.33. The molecular weight excluding hydrogens is 507 g/mol. The highest BCUT2D eigenvalue weighted by molar-refractivity contribution is 7.89. The Bertz CT molecular complexity index is 1480. The molecule has 2 aromatic carbocycles. The molecule has 12 heteroatoms. The summed E-state index contributed by atoms with van der Waals surface area (Å²) in [6.45, 7) is 2.78. The molecule has 0 saturated carbocycles. The Kier molecular flexibility index (Phi) is 7.29. The van der Waals surface area contributed by atoms with Crippen molar-refractivity contribution in [1.82, 2.24) is 19.6 Å². The summed E-state index contributed by atoms with van der Waals surface area (Å²) >= 11 is 0. The lowest BCUT2D eigenvalue weighted by Gasteiger charge is -2.27. The highest BCUT2D eigenvalue weighted by Crippen LogP contribution is 2.33. The Labute approximate surface area is 211 Å². The van der Waals surface area contributed by atoms with E-state index in [0.717, 1.165) is 34.6 Å². The first-order valence-electron chi connectivity index (χ1n) is 11.3. The summed E-state index contributed by atoms with van der Waals surface area (Å²) in [5.74, 6) is -1.62. The molecule has 1 N–H and O–H groups in total. The van der Waals surface area contributed by atoms with Crippen molar-refractivity contribution < 1.29 is 26.4 Å². The zero-order valence-corrected chi connectivity index (χ0v) is 20.6. The monoisotopic (exact) mass is 529 g/mol. The van der Waals surface area contributed by atoms with Crippen LogP contribution in [0.2, 0.25) is 0 Å². The number of nitriles is 1. The maximum absolute atomic E-state index is 14.7. The normalized spacial score (nSPS) is 19.9. The molecule has 0 spiro atoms. The van der Waals surface area contributed by atoms with Gasteiger partial charge < -0.3 is 5.32 Å². The van der Waals surface area contributed by atoms with Gasteiger partial charge in [-0.15, -0.1) is 0 Å². The van der Waals surface area contributed by atoms with Crippen molar-refractivity contribution in [3.8, 4) is 17.2 Å². The Balaban J connectivity index is 1.60. The zero-order valence-electron chi connectivity index (χ0n) is 19.8. The van der Waals surface area contributed by atoms with Crippen molar-refractivity contribution in [1.29, 1.82) is 5.26 Å². The van der Waals surface area contributed by atoms with Crippen LogP contribution in [0.15, 0.2) is 53.7 Å². The number of carbonyl (C=O) groups is 1. The molecule has 1 amide bonds. The number of alkyl halides is 1. The summed E-state index contributed by atoms with van der Waals surface area (Å²) in [5, 5.41) is 12.0. The molecule has 3 aromatic rings. The summed E-state index contributed by atoms with van der Waals surface area (Å²) < 4.78 is 69.8. The Morgan fingerprint density at radius 3 is 2.46 bits per heavy atom. The Hall–Kier alpha value is -3.82. The third-order valence-electron chi connectivity index (χ3n) is 6.23. The van der Waals surface area contributed by atoms with Gasteiger partial charge >= 0.3 is 0 Å². The number of hydrogen-bond donors (Lipinski definition) is 1. The summed E-state index contributed by atoms with van der Waals surface area (Å²) in [7, 11) is -4.33. The van der Waals surface area contributed by atoms with Crippen LogP contribution in [0.3, 0.4) is 0 Å². The molecule has 1 aromatic heterocycles. The summed E-state index contributed by atoms with van der Waals surface area (Å²) in [6.07, 6.45) is 0.858. The largest absolute Gasteiger partial charge is 0.351 e. The van der Waals surface area contributed by atoms with Crippen LogP contribution >= 0.6 is 0 Å². The first kappa shape index (κ1) is 26.2. The molecule has 0 aliphatic carbocycles. The van der Waals surface area contributed by atoms with Gasteiger partial charge in [0.2, 0.25) is 15.9 Å². The quantitative estimate of drug-likeness (QED) is 0.523. The molecule has 3 atom stereocenters. The number of carbonyl (C=O) groups excluding carboxylic acids is 1. The first-order chi connectivity index (χ1) is 17.5. The van der Waals surface area contributed by atoms with Gasteiger partial charge in [-0.1, -0.05) is 0 Å². The molecule has 1 saturated heterocycles. The van der Waals surface area contributed by atoms with Crippen LogP contribution in [0.5, 0.6) is 0 Å². The van der Waals surface area contributed by atoms with E-state index in [1.54, 1.807) is 6.92 Å². The average Bonchev–Trinajstić information content (AvgIpc) is 3.18. The summed E-state index contributed by atoms with van der Waals surface area (Å²) in [6, 6.07) is 5.78. The number of nitrogens with one attached hydrogen (secondary N) is 1. The summed E-state index contributed by atoms with van der Waals surface area (Å²) in [5.41, 5.74) is 0.709. The highest BCUT2D eigenvalue weighted by Gasteiger charge is 2.49. The van der Waals surface area contributed by atoms with Crippen molar-refractivity contribution in [2.45, 2.75) is 50.0 Å². The molecule has 0 radical (unpaired) electrons. The second-order valence-corrected chi connectivity index (χ2v) is 10.5. The lowest BCUT2D eigenvalue weighted by molar-refractivity contribution is -0.124. The van der Waals surface area contributed by atoms with Crippen molar-refractivity contribution in [2.24, 2.45) is 0 Å². The van der Waals surface area contributed by atoms with Gasteiger partial charge in [0.1, 0.15) is 29.7 Å². The second-order valence-electron chi connectivity index (χ2n) is 8.63. The van der Waals surface area contributed by atoms with Crippen LogP contribution in [0.1, 0.15) is 30.3 Å². The molecular formula is C25H22F3N5O3S. The van der Waals surface area contributed by atoms with Gasteiger partial charge in [-0.25, -0.2) is 31.6 Å². The van der Waals surface area contributed by atoms with Gasteiger partial charge in [-0.3, -0.25) is 4.79 Å². The lowest BCUT2D eigenvalue weighted by Crippen LogP contribution is -2.48. The van der Waals surface area contributed by atoms with Crippen molar-refractivity contribution in [3.05, 3.63) is 77.4 Å². The van der Waals surface area contributed by atoms with Gasteiger partial charge in [-0.2, -0.15) is 9.57 Å². The van der Waals surface area contributed by atoms with E-state index < -0.39 is 45.8 Å². The molecule has 1 aliphatic rings. The van der Waals surface area contributed by atoms with Crippen LogP contribution in [0.25, 0.3) is 11.1 Å². The van der Waals surface area contributed by atoms with Gasteiger partial charge in [0.25, 0.3) is 0 Å². The summed E-state index contributed by atoms with van der Waals surface area (Å²) in [4.78, 5) is 20.9. The number of aromatic nitrogens is 2. The van der Waals surface area contributed by atoms with E-state index in [-0.39, 0.29) is 34.6 Å². The molecule has 1 fully saturated rings. The van der Waals surface area contributed by atoms with Crippen molar-refractivity contribution in [3.63, 3.8) is 0 Å². The highest BCUT2D eigenvalue weighted by atomic mass is 32.2. The van der Waals surface area contributed by atoms with E-state index in [2.05, 4.69) is 15.3 Å². The van der Waals surface area contributed by atoms with E-state index in [1.165, 1.54) is 25.4 Å². The average molecular weight is 530 g/mol. The number of amides is 1. The van der Waals surface area contributed by atoms with Crippen LogP contribution in [0, 0.1) is 29.9 Å². The van der Waals surface area contributed by atoms with Crippen LogP contribution in [-0.4, -0.2) is 46.9 Å². The number of benzene rings is 2. The van der Waals surface area contributed by atoms with Crippen LogP contribution in [0.4, 0.5) is 13.2 Å². The maximum atomic E-state index is 14.7.